The Hall–Kier alpha value is -0.930. The molecule has 1 N–H and O–H groups in total. The summed E-state index contributed by atoms with van der Waals surface area (Å²) in [6.07, 6.45) is 4.43. The summed E-state index contributed by atoms with van der Waals surface area (Å²) in [5.41, 5.74) is 1.22. The van der Waals surface area contributed by atoms with E-state index in [0.29, 0.717) is 0 Å². The molecule has 0 aliphatic carbocycles. The van der Waals surface area contributed by atoms with Crippen molar-refractivity contribution in [2.45, 2.75) is 19.1 Å². The van der Waals surface area contributed by atoms with E-state index < -0.39 is 0 Å². The molecule has 70 valence electrons. The van der Waals surface area contributed by atoms with Gasteiger partial charge in [0.15, 0.2) is 0 Å². The summed E-state index contributed by atoms with van der Waals surface area (Å²) in [4.78, 5) is 6.31. The second-order valence-electron chi connectivity index (χ2n) is 3.54. The Morgan fingerprint density at radius 1 is 1.62 bits per heavy atom. The molecule has 0 aromatic carbocycles. The van der Waals surface area contributed by atoms with Crippen LogP contribution in [0.4, 0.5) is 0 Å². The smallest absolute Gasteiger partial charge is 0.0679 e. The van der Waals surface area contributed by atoms with E-state index in [0.717, 1.165) is 26.1 Å². The molecule has 2 heterocycles. The molecule has 0 spiro atoms. The van der Waals surface area contributed by atoms with Crippen LogP contribution in [-0.4, -0.2) is 34.2 Å². The van der Waals surface area contributed by atoms with Gasteiger partial charge in [-0.3, -0.25) is 9.88 Å². The Bertz CT molecular complexity index is 263. The van der Waals surface area contributed by atoms with Gasteiger partial charge in [0.05, 0.1) is 6.10 Å². The Morgan fingerprint density at radius 2 is 2.54 bits per heavy atom. The van der Waals surface area contributed by atoms with E-state index in [-0.39, 0.29) is 6.10 Å². The molecule has 0 radical (unpaired) electrons. The fourth-order valence-electron chi connectivity index (χ4n) is 1.71. The summed E-state index contributed by atoms with van der Waals surface area (Å²) in [6.45, 7) is 2.70. The largest absolute Gasteiger partial charge is 0.392 e. The molecule has 1 atom stereocenters. The Balaban J connectivity index is 1.92. The van der Waals surface area contributed by atoms with Crippen LogP contribution in [0.2, 0.25) is 0 Å². The van der Waals surface area contributed by atoms with E-state index in [2.05, 4.69) is 16.0 Å². The topological polar surface area (TPSA) is 36.4 Å². The van der Waals surface area contributed by atoms with Gasteiger partial charge in [-0.1, -0.05) is 6.07 Å². The molecule has 1 unspecified atom stereocenters. The molecule has 3 nitrogen and oxygen atoms in total. The van der Waals surface area contributed by atoms with Crippen LogP contribution >= 0.6 is 0 Å². The number of hydrogen-bond acceptors (Lipinski definition) is 3. The van der Waals surface area contributed by atoms with E-state index in [4.69, 9.17) is 0 Å². The Kier molecular flexibility index (Phi) is 2.57. The maximum Gasteiger partial charge on any atom is 0.0679 e. The van der Waals surface area contributed by atoms with Gasteiger partial charge in [-0.05, 0) is 18.1 Å². The molecule has 1 saturated heterocycles. The number of aliphatic hydroxyl groups excluding tert-OH is 1. The second-order valence-corrected chi connectivity index (χ2v) is 3.54. The highest BCUT2D eigenvalue weighted by atomic mass is 16.3. The Labute approximate surface area is 78.0 Å². The molecule has 0 saturated carbocycles. The number of pyridine rings is 1. The zero-order valence-electron chi connectivity index (χ0n) is 7.56. The molecule has 0 bridgehead atoms. The number of nitrogens with zero attached hydrogens (tertiary/aromatic N) is 2. The van der Waals surface area contributed by atoms with Crippen molar-refractivity contribution >= 4 is 0 Å². The lowest BCUT2D eigenvalue weighted by molar-refractivity contribution is 0.175. The van der Waals surface area contributed by atoms with Gasteiger partial charge in [-0.2, -0.15) is 0 Å². The molecular formula is C10H14N2O. The quantitative estimate of drug-likeness (QED) is 0.722. The Morgan fingerprint density at radius 3 is 3.15 bits per heavy atom. The summed E-state index contributed by atoms with van der Waals surface area (Å²) < 4.78 is 0. The second kappa shape index (κ2) is 3.85. The summed E-state index contributed by atoms with van der Waals surface area (Å²) >= 11 is 0. The molecule has 2 rings (SSSR count). The molecule has 0 amide bonds. The first-order valence-corrected chi connectivity index (χ1v) is 4.64. The number of β-amino-alcohol motifs (C(OH)–C–C–N with tert-alkyl or cyclic N) is 1. The third kappa shape index (κ3) is 2.26. The third-order valence-corrected chi connectivity index (χ3v) is 2.38. The van der Waals surface area contributed by atoms with Gasteiger partial charge >= 0.3 is 0 Å². The molecule has 1 aromatic rings. The lowest BCUT2D eigenvalue weighted by atomic mass is 10.3. The lowest BCUT2D eigenvalue weighted by Gasteiger charge is -2.13. The van der Waals surface area contributed by atoms with Gasteiger partial charge < -0.3 is 5.11 Å². The van der Waals surface area contributed by atoms with Crippen LogP contribution < -0.4 is 0 Å². The molecular weight excluding hydrogens is 164 g/mol. The molecule has 1 fully saturated rings. The van der Waals surface area contributed by atoms with Crippen molar-refractivity contribution in [1.82, 2.24) is 9.88 Å². The van der Waals surface area contributed by atoms with Gasteiger partial charge in [-0.15, -0.1) is 0 Å². The van der Waals surface area contributed by atoms with E-state index in [9.17, 15) is 5.11 Å². The van der Waals surface area contributed by atoms with Crippen LogP contribution in [0.25, 0.3) is 0 Å². The van der Waals surface area contributed by atoms with E-state index >= 15 is 0 Å². The minimum atomic E-state index is -0.128. The summed E-state index contributed by atoms with van der Waals surface area (Å²) in [6, 6.07) is 4.01. The van der Waals surface area contributed by atoms with Crippen molar-refractivity contribution in [1.29, 1.82) is 0 Å². The highest BCUT2D eigenvalue weighted by molar-refractivity contribution is 5.08. The van der Waals surface area contributed by atoms with Crippen molar-refractivity contribution in [2.75, 3.05) is 13.1 Å². The first kappa shape index (κ1) is 8.66. The van der Waals surface area contributed by atoms with Gasteiger partial charge in [-0.25, -0.2) is 0 Å². The predicted molar refractivity (Wildman–Crippen MR) is 50.1 cm³/mol. The van der Waals surface area contributed by atoms with Crippen molar-refractivity contribution in [2.24, 2.45) is 0 Å². The van der Waals surface area contributed by atoms with Crippen LogP contribution in [0.3, 0.4) is 0 Å². The SMILES string of the molecule is OC1CCN(Cc2cccnc2)C1. The number of aliphatic hydroxyl groups is 1. The van der Waals surface area contributed by atoms with Gasteiger partial charge in [0.25, 0.3) is 0 Å². The highest BCUT2D eigenvalue weighted by Gasteiger charge is 2.19. The lowest BCUT2D eigenvalue weighted by Crippen LogP contribution is -2.21. The van der Waals surface area contributed by atoms with Crippen LogP contribution in [0, 0.1) is 0 Å². The first-order chi connectivity index (χ1) is 6.34. The zero-order chi connectivity index (χ0) is 9.10. The molecule has 1 aliphatic rings. The minimum absolute atomic E-state index is 0.128. The van der Waals surface area contributed by atoms with E-state index in [1.807, 2.05) is 12.3 Å². The average Bonchev–Trinajstić information content (AvgIpc) is 2.53. The molecule has 1 aliphatic heterocycles. The number of likely N-dealkylation sites (tertiary alicyclic amines) is 1. The maximum atomic E-state index is 9.32. The van der Waals surface area contributed by atoms with Crippen LogP contribution in [-0.2, 0) is 6.54 Å². The van der Waals surface area contributed by atoms with Crippen molar-refractivity contribution < 1.29 is 5.11 Å². The maximum absolute atomic E-state index is 9.32. The van der Waals surface area contributed by atoms with Crippen LogP contribution in [0.1, 0.15) is 12.0 Å². The predicted octanol–water partition coefficient (Wildman–Crippen LogP) is 0.648. The van der Waals surface area contributed by atoms with E-state index in [1.165, 1.54) is 5.56 Å². The molecule has 1 aromatic heterocycles. The van der Waals surface area contributed by atoms with Crippen molar-refractivity contribution in [3.05, 3.63) is 30.1 Å². The first-order valence-electron chi connectivity index (χ1n) is 4.64. The fourth-order valence-corrected chi connectivity index (χ4v) is 1.71. The van der Waals surface area contributed by atoms with Gasteiger partial charge in [0.1, 0.15) is 0 Å². The van der Waals surface area contributed by atoms with E-state index in [1.54, 1.807) is 6.20 Å². The fraction of sp³-hybridized carbons (Fsp3) is 0.500. The molecule has 13 heavy (non-hydrogen) atoms. The average molecular weight is 178 g/mol. The standard InChI is InChI=1S/C10H14N2O/c13-10-3-5-12(8-10)7-9-2-1-4-11-6-9/h1-2,4,6,10,13H,3,5,7-8H2. The molecule has 3 heteroatoms. The third-order valence-electron chi connectivity index (χ3n) is 2.38. The van der Waals surface area contributed by atoms with Crippen LogP contribution in [0.5, 0.6) is 0 Å². The monoisotopic (exact) mass is 178 g/mol. The summed E-state index contributed by atoms with van der Waals surface area (Å²) in [5.74, 6) is 0. The zero-order valence-corrected chi connectivity index (χ0v) is 7.56. The number of aromatic nitrogens is 1. The van der Waals surface area contributed by atoms with Crippen LogP contribution in [0.15, 0.2) is 24.5 Å². The number of hydrogen-bond donors (Lipinski definition) is 1. The number of rotatable bonds is 2. The van der Waals surface area contributed by atoms with Gasteiger partial charge in [0.2, 0.25) is 0 Å². The normalized spacial score (nSPS) is 23.6. The van der Waals surface area contributed by atoms with Crippen molar-refractivity contribution in [3.8, 4) is 0 Å². The van der Waals surface area contributed by atoms with Crippen molar-refractivity contribution in [3.63, 3.8) is 0 Å². The highest BCUT2D eigenvalue weighted by Crippen LogP contribution is 2.12. The van der Waals surface area contributed by atoms with Gasteiger partial charge in [0, 0.05) is 32.0 Å². The summed E-state index contributed by atoms with van der Waals surface area (Å²) in [7, 11) is 0. The summed E-state index contributed by atoms with van der Waals surface area (Å²) in [5, 5.41) is 9.32. The minimum Gasteiger partial charge on any atom is -0.392 e.